The van der Waals surface area contributed by atoms with Crippen LogP contribution in [0, 0.1) is 6.92 Å². The molecule has 0 heterocycles. The van der Waals surface area contributed by atoms with Gasteiger partial charge in [0.1, 0.15) is 12.6 Å². The zero-order valence-electron chi connectivity index (χ0n) is 13.6. The molecule has 126 valence electrons. The predicted molar refractivity (Wildman–Crippen MR) is 90.5 cm³/mol. The lowest BCUT2D eigenvalue weighted by molar-refractivity contribution is -0.142. The molecular weight excluding hydrogens is 306 g/mol. The smallest absolute Gasteiger partial charge is 0.326 e. The topological polar surface area (TPSA) is 75.6 Å². The minimum Gasteiger partial charge on any atom is -0.480 e. The molecule has 0 fully saturated rings. The Morgan fingerprint density at radius 2 is 1.71 bits per heavy atom. The number of hydrogen-bond acceptors (Lipinski definition) is 3. The molecular formula is C19H21NO4. The molecule has 0 aliphatic rings. The molecule has 0 saturated carbocycles. The second-order valence-corrected chi connectivity index (χ2v) is 5.63. The van der Waals surface area contributed by atoms with Crippen molar-refractivity contribution in [3.63, 3.8) is 0 Å². The summed E-state index contributed by atoms with van der Waals surface area (Å²) in [6.45, 7) is 2.10. The molecule has 0 spiro atoms. The summed E-state index contributed by atoms with van der Waals surface area (Å²) in [6.07, 6.45) is 0.236. The second-order valence-electron chi connectivity index (χ2n) is 5.63. The van der Waals surface area contributed by atoms with Crippen LogP contribution in [0.1, 0.15) is 16.7 Å². The van der Waals surface area contributed by atoms with E-state index in [9.17, 15) is 14.7 Å². The van der Waals surface area contributed by atoms with Crippen LogP contribution in [0.15, 0.2) is 54.6 Å². The van der Waals surface area contributed by atoms with Crippen molar-refractivity contribution in [1.82, 2.24) is 5.32 Å². The van der Waals surface area contributed by atoms with Crippen molar-refractivity contribution in [3.05, 3.63) is 71.3 Å². The van der Waals surface area contributed by atoms with Crippen LogP contribution in [0.4, 0.5) is 0 Å². The minimum atomic E-state index is -1.06. The minimum absolute atomic E-state index is 0.174. The monoisotopic (exact) mass is 327 g/mol. The van der Waals surface area contributed by atoms with E-state index >= 15 is 0 Å². The Hall–Kier alpha value is -2.66. The molecule has 5 heteroatoms. The summed E-state index contributed by atoms with van der Waals surface area (Å²) in [6, 6.07) is 16.1. The van der Waals surface area contributed by atoms with Crippen LogP contribution in [0.5, 0.6) is 0 Å². The SMILES string of the molecule is Cc1ccc(C[C@@H](NC(=O)COCc2ccccc2)C(=O)O)cc1. The molecule has 24 heavy (non-hydrogen) atoms. The van der Waals surface area contributed by atoms with E-state index in [2.05, 4.69) is 5.32 Å². The van der Waals surface area contributed by atoms with Gasteiger partial charge in [0.25, 0.3) is 0 Å². The summed E-state index contributed by atoms with van der Waals surface area (Å²) in [5.41, 5.74) is 2.92. The predicted octanol–water partition coefficient (Wildman–Crippen LogP) is 2.32. The summed E-state index contributed by atoms with van der Waals surface area (Å²) in [5, 5.41) is 11.8. The van der Waals surface area contributed by atoms with Gasteiger partial charge >= 0.3 is 5.97 Å². The summed E-state index contributed by atoms with van der Waals surface area (Å²) in [5.74, 6) is -1.50. The van der Waals surface area contributed by atoms with Crippen molar-refractivity contribution in [2.75, 3.05) is 6.61 Å². The summed E-state index contributed by atoms with van der Waals surface area (Å²) >= 11 is 0. The van der Waals surface area contributed by atoms with E-state index in [1.807, 2.05) is 61.5 Å². The highest BCUT2D eigenvalue weighted by Gasteiger charge is 2.20. The van der Waals surface area contributed by atoms with Crippen LogP contribution in [0.3, 0.4) is 0 Å². The molecule has 1 atom stereocenters. The molecule has 1 amide bonds. The van der Waals surface area contributed by atoms with Crippen molar-refractivity contribution in [3.8, 4) is 0 Å². The highest BCUT2D eigenvalue weighted by atomic mass is 16.5. The van der Waals surface area contributed by atoms with Gasteiger partial charge in [-0.3, -0.25) is 4.79 Å². The van der Waals surface area contributed by atoms with E-state index in [0.717, 1.165) is 16.7 Å². The Kier molecular flexibility index (Phi) is 6.51. The van der Waals surface area contributed by atoms with Crippen LogP contribution in [0.25, 0.3) is 0 Å². The van der Waals surface area contributed by atoms with Crippen molar-refractivity contribution >= 4 is 11.9 Å². The van der Waals surface area contributed by atoms with E-state index in [-0.39, 0.29) is 13.0 Å². The Balaban J connectivity index is 1.82. The maximum atomic E-state index is 11.9. The Morgan fingerprint density at radius 1 is 1.04 bits per heavy atom. The maximum Gasteiger partial charge on any atom is 0.326 e. The van der Waals surface area contributed by atoms with Gasteiger partial charge in [-0.15, -0.1) is 0 Å². The fourth-order valence-corrected chi connectivity index (χ4v) is 2.23. The first kappa shape index (κ1) is 17.7. The second kappa shape index (κ2) is 8.84. The van der Waals surface area contributed by atoms with Gasteiger partial charge < -0.3 is 15.2 Å². The van der Waals surface area contributed by atoms with Crippen molar-refractivity contribution < 1.29 is 19.4 Å². The lowest BCUT2D eigenvalue weighted by Gasteiger charge is -2.15. The first-order valence-corrected chi connectivity index (χ1v) is 7.74. The number of aliphatic carboxylic acids is 1. The molecule has 0 unspecified atom stereocenters. The highest BCUT2D eigenvalue weighted by molar-refractivity contribution is 5.84. The number of carbonyl (C=O) groups is 2. The maximum absolute atomic E-state index is 11.9. The summed E-state index contributed by atoms with van der Waals surface area (Å²) < 4.78 is 5.32. The molecule has 2 N–H and O–H groups in total. The first-order chi connectivity index (χ1) is 11.5. The molecule has 5 nitrogen and oxygen atoms in total. The van der Waals surface area contributed by atoms with E-state index < -0.39 is 17.9 Å². The van der Waals surface area contributed by atoms with Crippen LogP contribution >= 0.6 is 0 Å². The first-order valence-electron chi connectivity index (χ1n) is 7.74. The zero-order valence-corrected chi connectivity index (χ0v) is 13.6. The van der Waals surface area contributed by atoms with Crippen LogP contribution in [-0.4, -0.2) is 29.6 Å². The molecule has 2 rings (SSSR count). The largest absolute Gasteiger partial charge is 0.480 e. The fourth-order valence-electron chi connectivity index (χ4n) is 2.23. The molecule has 0 aliphatic carbocycles. The molecule has 0 aliphatic heterocycles. The number of aryl methyl sites for hydroxylation is 1. The number of rotatable bonds is 8. The van der Waals surface area contributed by atoms with Gasteiger partial charge in [-0.1, -0.05) is 60.2 Å². The number of carbonyl (C=O) groups excluding carboxylic acids is 1. The van der Waals surface area contributed by atoms with Crippen molar-refractivity contribution in [2.24, 2.45) is 0 Å². The Bertz CT molecular complexity index is 668. The van der Waals surface area contributed by atoms with Gasteiger partial charge in [0.2, 0.25) is 5.91 Å². The number of carboxylic acids is 1. The van der Waals surface area contributed by atoms with Gasteiger partial charge in [0, 0.05) is 6.42 Å². The average Bonchev–Trinajstić information content (AvgIpc) is 2.57. The van der Waals surface area contributed by atoms with Gasteiger partial charge in [0.15, 0.2) is 0 Å². The number of benzene rings is 2. The van der Waals surface area contributed by atoms with Gasteiger partial charge in [-0.25, -0.2) is 4.79 Å². The summed E-state index contributed by atoms with van der Waals surface area (Å²) in [4.78, 5) is 23.2. The molecule has 0 aromatic heterocycles. The van der Waals surface area contributed by atoms with E-state index in [0.29, 0.717) is 6.61 Å². The Morgan fingerprint density at radius 3 is 2.33 bits per heavy atom. The lowest BCUT2D eigenvalue weighted by Crippen LogP contribution is -2.43. The number of carboxylic acid groups (broad SMARTS) is 1. The highest BCUT2D eigenvalue weighted by Crippen LogP contribution is 2.07. The number of ether oxygens (including phenoxy) is 1. The Labute approximate surface area is 141 Å². The fraction of sp³-hybridized carbons (Fsp3) is 0.263. The molecule has 2 aromatic carbocycles. The third-order valence-electron chi connectivity index (χ3n) is 3.54. The van der Waals surface area contributed by atoms with Crippen LogP contribution < -0.4 is 5.32 Å². The third-order valence-corrected chi connectivity index (χ3v) is 3.54. The van der Waals surface area contributed by atoms with Crippen LogP contribution in [-0.2, 0) is 27.4 Å². The average molecular weight is 327 g/mol. The van der Waals surface area contributed by atoms with Crippen molar-refractivity contribution in [1.29, 1.82) is 0 Å². The summed E-state index contributed by atoms with van der Waals surface area (Å²) in [7, 11) is 0. The molecule has 0 saturated heterocycles. The van der Waals surface area contributed by atoms with Gasteiger partial charge in [-0.05, 0) is 18.1 Å². The van der Waals surface area contributed by atoms with E-state index in [4.69, 9.17) is 4.74 Å². The van der Waals surface area contributed by atoms with Crippen LogP contribution in [0.2, 0.25) is 0 Å². The molecule has 0 bridgehead atoms. The standard InChI is InChI=1S/C19H21NO4/c1-14-7-9-15(10-8-14)11-17(19(22)23)20-18(21)13-24-12-16-5-3-2-4-6-16/h2-10,17H,11-13H2,1H3,(H,20,21)(H,22,23)/t17-/m1/s1. The normalized spacial score (nSPS) is 11.7. The van der Waals surface area contributed by atoms with Crippen molar-refractivity contribution in [2.45, 2.75) is 26.0 Å². The molecule has 0 radical (unpaired) electrons. The number of nitrogens with one attached hydrogen (secondary N) is 1. The quantitative estimate of drug-likeness (QED) is 0.780. The number of hydrogen-bond donors (Lipinski definition) is 2. The lowest BCUT2D eigenvalue weighted by atomic mass is 10.0. The van der Waals surface area contributed by atoms with Gasteiger partial charge in [-0.2, -0.15) is 0 Å². The molecule has 2 aromatic rings. The van der Waals surface area contributed by atoms with E-state index in [1.54, 1.807) is 0 Å². The zero-order chi connectivity index (χ0) is 17.4. The third kappa shape index (κ3) is 5.85. The number of amides is 1. The van der Waals surface area contributed by atoms with E-state index in [1.165, 1.54) is 0 Å². The van der Waals surface area contributed by atoms with Gasteiger partial charge in [0.05, 0.1) is 6.61 Å².